The van der Waals surface area contributed by atoms with Crippen LogP contribution in [-0.2, 0) is 16.8 Å². The summed E-state index contributed by atoms with van der Waals surface area (Å²) in [6.45, 7) is 5.77. The summed E-state index contributed by atoms with van der Waals surface area (Å²) < 4.78 is 5.30. The maximum Gasteiger partial charge on any atom is 0.347 e. The summed E-state index contributed by atoms with van der Waals surface area (Å²) in [6, 6.07) is 0. The summed E-state index contributed by atoms with van der Waals surface area (Å²) in [6.07, 6.45) is 1.58. The molecule has 5 heteroatoms. The van der Waals surface area contributed by atoms with Gasteiger partial charge in [-0.3, -0.25) is 0 Å². The fourth-order valence-electron chi connectivity index (χ4n) is 1.27. The van der Waals surface area contributed by atoms with Crippen LogP contribution in [0.2, 0.25) is 0 Å². The van der Waals surface area contributed by atoms with Gasteiger partial charge in [0.25, 0.3) is 0 Å². The van der Waals surface area contributed by atoms with Gasteiger partial charge >= 0.3 is 5.97 Å². The summed E-state index contributed by atoms with van der Waals surface area (Å²) in [5.41, 5.74) is 0.140. The van der Waals surface area contributed by atoms with Crippen molar-refractivity contribution < 1.29 is 14.6 Å². The quantitative estimate of drug-likeness (QED) is 0.863. The Balaban J connectivity index is 3.15. The molecule has 0 atom stereocenters. The van der Waals surface area contributed by atoms with Crippen molar-refractivity contribution in [2.24, 2.45) is 0 Å². The highest BCUT2D eigenvalue weighted by Gasteiger charge is 2.27. The molecule has 16 heavy (non-hydrogen) atoms. The molecule has 0 aliphatic carbocycles. The lowest BCUT2D eigenvalue weighted by molar-refractivity contribution is 0.0189. The number of aromatic nitrogens is 1. The first-order chi connectivity index (χ1) is 7.42. The molecule has 1 heterocycles. The van der Waals surface area contributed by atoms with E-state index in [-0.39, 0.29) is 0 Å². The minimum absolute atomic E-state index is 0.335. The van der Waals surface area contributed by atoms with E-state index in [0.29, 0.717) is 17.0 Å². The van der Waals surface area contributed by atoms with Crippen LogP contribution in [0.25, 0.3) is 0 Å². The van der Waals surface area contributed by atoms with E-state index in [4.69, 9.17) is 9.84 Å². The minimum Gasteiger partial charge on any atom is -0.477 e. The van der Waals surface area contributed by atoms with E-state index in [0.717, 1.165) is 11.4 Å². The highest BCUT2D eigenvalue weighted by molar-refractivity contribution is 7.13. The average molecular weight is 243 g/mol. The largest absolute Gasteiger partial charge is 0.477 e. The average Bonchev–Trinajstić information content (AvgIpc) is 2.63. The number of aromatic carboxylic acids is 1. The second-order valence-corrected chi connectivity index (χ2v) is 5.06. The summed E-state index contributed by atoms with van der Waals surface area (Å²) in [4.78, 5) is 15.8. The topological polar surface area (TPSA) is 59.4 Å². The minimum atomic E-state index is -0.904. The number of thiazole rings is 1. The zero-order valence-electron chi connectivity index (χ0n) is 10.0. The molecule has 0 amide bonds. The Kier molecular flexibility index (Phi) is 4.04. The standard InChI is InChI=1S/C11H17NO3S/c1-5-6-7-8(9(13)14)16-10(12-7)11(2,3)15-4/h5-6H2,1-4H3,(H,13,14). The summed E-state index contributed by atoms with van der Waals surface area (Å²) in [5, 5.41) is 9.79. The lowest BCUT2D eigenvalue weighted by Gasteiger charge is -2.19. The third-order valence-corrected chi connectivity index (χ3v) is 3.79. The molecule has 4 nitrogen and oxygen atoms in total. The third-order valence-electron chi connectivity index (χ3n) is 2.40. The van der Waals surface area contributed by atoms with Gasteiger partial charge in [-0.1, -0.05) is 13.3 Å². The van der Waals surface area contributed by atoms with Crippen molar-refractivity contribution in [1.29, 1.82) is 0 Å². The van der Waals surface area contributed by atoms with E-state index >= 15 is 0 Å². The first-order valence-corrected chi connectivity index (χ1v) is 6.02. The number of hydrogen-bond donors (Lipinski definition) is 1. The number of carboxylic acids is 1. The molecular formula is C11H17NO3S. The van der Waals surface area contributed by atoms with Crippen LogP contribution in [0, 0.1) is 0 Å². The van der Waals surface area contributed by atoms with Crippen molar-refractivity contribution in [2.75, 3.05) is 7.11 Å². The van der Waals surface area contributed by atoms with Crippen molar-refractivity contribution in [3.05, 3.63) is 15.6 Å². The number of hydrogen-bond acceptors (Lipinski definition) is 4. The fourth-order valence-corrected chi connectivity index (χ4v) is 2.30. The Morgan fingerprint density at radius 2 is 2.19 bits per heavy atom. The van der Waals surface area contributed by atoms with Gasteiger partial charge in [0.05, 0.1) is 5.69 Å². The molecule has 90 valence electrons. The molecule has 0 aliphatic rings. The van der Waals surface area contributed by atoms with E-state index in [9.17, 15) is 4.79 Å². The predicted molar refractivity (Wildman–Crippen MR) is 63.1 cm³/mol. The van der Waals surface area contributed by atoms with E-state index in [1.165, 1.54) is 11.3 Å². The van der Waals surface area contributed by atoms with Crippen molar-refractivity contribution >= 4 is 17.3 Å². The Bertz CT molecular complexity index is 385. The first-order valence-electron chi connectivity index (χ1n) is 5.21. The van der Waals surface area contributed by atoms with Gasteiger partial charge in [0.1, 0.15) is 15.5 Å². The number of carbonyl (C=O) groups is 1. The summed E-state index contributed by atoms with van der Waals surface area (Å²) in [7, 11) is 1.60. The van der Waals surface area contributed by atoms with Crippen LogP contribution in [0.3, 0.4) is 0 Å². The molecule has 0 aromatic carbocycles. The van der Waals surface area contributed by atoms with Gasteiger partial charge in [0.2, 0.25) is 0 Å². The maximum atomic E-state index is 11.1. The van der Waals surface area contributed by atoms with Crippen molar-refractivity contribution in [3.8, 4) is 0 Å². The number of ether oxygens (including phenoxy) is 1. The van der Waals surface area contributed by atoms with Crippen LogP contribution in [0.4, 0.5) is 0 Å². The number of nitrogens with zero attached hydrogens (tertiary/aromatic N) is 1. The molecule has 1 rings (SSSR count). The van der Waals surface area contributed by atoms with E-state index < -0.39 is 11.6 Å². The van der Waals surface area contributed by atoms with Crippen LogP contribution in [0.15, 0.2) is 0 Å². The van der Waals surface area contributed by atoms with Crippen molar-refractivity contribution in [3.63, 3.8) is 0 Å². The van der Waals surface area contributed by atoms with E-state index in [2.05, 4.69) is 4.98 Å². The van der Waals surface area contributed by atoms with E-state index in [1.807, 2.05) is 20.8 Å². The van der Waals surface area contributed by atoms with Gasteiger partial charge < -0.3 is 9.84 Å². The molecular weight excluding hydrogens is 226 g/mol. The highest BCUT2D eigenvalue weighted by atomic mass is 32.1. The van der Waals surface area contributed by atoms with Crippen LogP contribution in [-0.4, -0.2) is 23.2 Å². The molecule has 0 fully saturated rings. The van der Waals surface area contributed by atoms with Gasteiger partial charge in [0, 0.05) is 7.11 Å². The van der Waals surface area contributed by atoms with Crippen LogP contribution in [0.1, 0.15) is 47.6 Å². The van der Waals surface area contributed by atoms with Crippen LogP contribution >= 0.6 is 11.3 Å². The first kappa shape index (κ1) is 13.1. The second kappa shape index (κ2) is 4.93. The lowest BCUT2D eigenvalue weighted by Crippen LogP contribution is -2.19. The number of methoxy groups -OCH3 is 1. The van der Waals surface area contributed by atoms with E-state index in [1.54, 1.807) is 7.11 Å². The van der Waals surface area contributed by atoms with Gasteiger partial charge in [0.15, 0.2) is 0 Å². The number of aryl methyl sites for hydroxylation is 1. The molecule has 0 saturated heterocycles. The zero-order valence-corrected chi connectivity index (χ0v) is 10.8. The van der Waals surface area contributed by atoms with Gasteiger partial charge in [-0.05, 0) is 20.3 Å². The SMILES string of the molecule is CCCc1nc(C(C)(C)OC)sc1C(=O)O. The smallest absolute Gasteiger partial charge is 0.347 e. The molecule has 0 radical (unpaired) electrons. The summed E-state index contributed by atoms with van der Waals surface area (Å²) >= 11 is 1.20. The predicted octanol–water partition coefficient (Wildman–Crippen LogP) is 2.68. The third kappa shape index (κ3) is 2.59. The molecule has 0 unspecified atom stereocenters. The maximum absolute atomic E-state index is 11.1. The van der Waals surface area contributed by atoms with Crippen molar-refractivity contribution in [1.82, 2.24) is 4.98 Å². The molecule has 0 spiro atoms. The van der Waals surface area contributed by atoms with Gasteiger partial charge in [-0.15, -0.1) is 11.3 Å². The number of carboxylic acid groups (broad SMARTS) is 1. The van der Waals surface area contributed by atoms with Gasteiger partial charge in [-0.25, -0.2) is 9.78 Å². The Hall–Kier alpha value is -0.940. The molecule has 0 saturated carbocycles. The van der Waals surface area contributed by atoms with Crippen LogP contribution in [0.5, 0.6) is 0 Å². The summed E-state index contributed by atoms with van der Waals surface area (Å²) in [5.74, 6) is -0.904. The molecule has 1 aromatic rings. The molecule has 0 bridgehead atoms. The molecule has 1 N–H and O–H groups in total. The monoisotopic (exact) mass is 243 g/mol. The number of rotatable bonds is 5. The normalized spacial score (nSPS) is 11.8. The zero-order chi connectivity index (χ0) is 12.3. The van der Waals surface area contributed by atoms with Crippen molar-refractivity contribution in [2.45, 2.75) is 39.2 Å². The Labute approximate surface area is 99.3 Å². The molecule has 0 aliphatic heterocycles. The van der Waals surface area contributed by atoms with Gasteiger partial charge in [-0.2, -0.15) is 0 Å². The Morgan fingerprint density at radius 3 is 2.62 bits per heavy atom. The van der Waals surface area contributed by atoms with Crippen LogP contribution < -0.4 is 0 Å². The fraction of sp³-hybridized carbons (Fsp3) is 0.636. The lowest BCUT2D eigenvalue weighted by atomic mass is 10.1. The Morgan fingerprint density at radius 1 is 1.56 bits per heavy atom. The second-order valence-electron chi connectivity index (χ2n) is 4.06. The molecule has 1 aromatic heterocycles. The highest BCUT2D eigenvalue weighted by Crippen LogP contribution is 2.30.